The number of nitrogens with zero attached hydrogens (tertiary/aromatic N) is 1. The minimum absolute atomic E-state index is 0.0911. The van der Waals surface area contributed by atoms with Gasteiger partial charge in [-0.3, -0.25) is 4.57 Å². The van der Waals surface area contributed by atoms with Crippen molar-refractivity contribution in [3.8, 4) is 5.69 Å². The Labute approximate surface area is 100 Å². The average molecular weight is 231 g/mol. The number of H-pyrrole nitrogens is 1. The third kappa shape index (κ3) is 2.17. The van der Waals surface area contributed by atoms with Crippen LogP contribution in [0.2, 0.25) is 0 Å². The van der Waals surface area contributed by atoms with Crippen LogP contribution in [0.1, 0.15) is 17.0 Å². The van der Waals surface area contributed by atoms with Gasteiger partial charge >= 0.3 is 5.69 Å². The van der Waals surface area contributed by atoms with E-state index in [1.54, 1.807) is 4.57 Å². The SMILES string of the molecule is Cc1[nH]c(=O)n(-c2ccc(CCN)cc2)c1C. The molecule has 0 amide bonds. The van der Waals surface area contributed by atoms with E-state index in [1.807, 2.05) is 38.1 Å². The molecular weight excluding hydrogens is 214 g/mol. The van der Waals surface area contributed by atoms with Gasteiger partial charge in [0, 0.05) is 11.4 Å². The molecule has 0 saturated heterocycles. The molecule has 0 spiro atoms. The molecule has 0 saturated carbocycles. The maximum atomic E-state index is 11.8. The van der Waals surface area contributed by atoms with Gasteiger partial charge in [-0.2, -0.15) is 0 Å². The van der Waals surface area contributed by atoms with E-state index < -0.39 is 0 Å². The summed E-state index contributed by atoms with van der Waals surface area (Å²) < 4.78 is 1.68. The molecule has 0 fully saturated rings. The second-order valence-electron chi connectivity index (χ2n) is 4.18. The first-order valence-electron chi connectivity index (χ1n) is 5.71. The fourth-order valence-corrected chi connectivity index (χ4v) is 1.92. The van der Waals surface area contributed by atoms with Crippen molar-refractivity contribution in [3.05, 3.63) is 51.7 Å². The fourth-order valence-electron chi connectivity index (χ4n) is 1.92. The molecule has 3 N–H and O–H groups in total. The number of imidazole rings is 1. The van der Waals surface area contributed by atoms with Crippen LogP contribution in [0.4, 0.5) is 0 Å². The van der Waals surface area contributed by atoms with E-state index in [-0.39, 0.29) is 5.69 Å². The topological polar surface area (TPSA) is 63.8 Å². The molecule has 0 radical (unpaired) electrons. The number of aromatic nitrogens is 2. The minimum Gasteiger partial charge on any atom is -0.330 e. The van der Waals surface area contributed by atoms with E-state index in [0.717, 1.165) is 23.5 Å². The largest absolute Gasteiger partial charge is 0.330 e. The quantitative estimate of drug-likeness (QED) is 0.836. The Balaban J connectivity index is 2.43. The van der Waals surface area contributed by atoms with E-state index >= 15 is 0 Å². The van der Waals surface area contributed by atoms with Crippen LogP contribution in [-0.2, 0) is 6.42 Å². The van der Waals surface area contributed by atoms with Gasteiger partial charge in [-0.25, -0.2) is 4.79 Å². The summed E-state index contributed by atoms with van der Waals surface area (Å²) in [6, 6.07) is 7.92. The molecule has 17 heavy (non-hydrogen) atoms. The third-order valence-corrected chi connectivity index (χ3v) is 3.00. The number of rotatable bonds is 3. The summed E-state index contributed by atoms with van der Waals surface area (Å²) in [6.07, 6.45) is 0.861. The summed E-state index contributed by atoms with van der Waals surface area (Å²) in [7, 11) is 0. The molecule has 0 aliphatic heterocycles. The Morgan fingerprint density at radius 2 is 1.88 bits per heavy atom. The average Bonchev–Trinajstić information content (AvgIpc) is 2.55. The van der Waals surface area contributed by atoms with Crippen LogP contribution in [0.25, 0.3) is 5.69 Å². The van der Waals surface area contributed by atoms with E-state index in [1.165, 1.54) is 5.56 Å². The Bertz CT molecular complexity index is 563. The van der Waals surface area contributed by atoms with Gasteiger partial charge in [-0.05, 0) is 44.5 Å². The summed E-state index contributed by atoms with van der Waals surface area (Å²) in [4.78, 5) is 14.6. The zero-order chi connectivity index (χ0) is 12.4. The highest BCUT2D eigenvalue weighted by molar-refractivity contribution is 5.37. The van der Waals surface area contributed by atoms with E-state index in [2.05, 4.69) is 4.98 Å². The predicted molar refractivity (Wildman–Crippen MR) is 68.6 cm³/mol. The Kier molecular flexibility index (Phi) is 3.15. The van der Waals surface area contributed by atoms with Crippen molar-refractivity contribution in [3.63, 3.8) is 0 Å². The van der Waals surface area contributed by atoms with Crippen molar-refractivity contribution in [1.82, 2.24) is 9.55 Å². The summed E-state index contributed by atoms with van der Waals surface area (Å²) in [6.45, 7) is 4.47. The lowest BCUT2D eigenvalue weighted by atomic mass is 10.1. The Hall–Kier alpha value is -1.81. The lowest BCUT2D eigenvalue weighted by Gasteiger charge is -2.05. The zero-order valence-electron chi connectivity index (χ0n) is 10.2. The molecule has 0 unspecified atom stereocenters. The number of nitrogens with one attached hydrogen (secondary N) is 1. The maximum absolute atomic E-state index is 11.8. The number of hydrogen-bond donors (Lipinski definition) is 2. The van der Waals surface area contributed by atoms with Crippen LogP contribution in [0, 0.1) is 13.8 Å². The normalized spacial score (nSPS) is 10.8. The van der Waals surface area contributed by atoms with Crippen molar-refractivity contribution in [2.45, 2.75) is 20.3 Å². The molecule has 1 aromatic heterocycles. The summed E-state index contributed by atoms with van der Waals surface area (Å²) in [5.41, 5.74) is 9.34. The van der Waals surface area contributed by atoms with Gasteiger partial charge in [0.2, 0.25) is 0 Å². The molecule has 4 nitrogen and oxygen atoms in total. The molecule has 0 aliphatic rings. The monoisotopic (exact) mass is 231 g/mol. The molecule has 0 aliphatic carbocycles. The van der Waals surface area contributed by atoms with Crippen LogP contribution in [0.3, 0.4) is 0 Å². The molecule has 90 valence electrons. The second-order valence-corrected chi connectivity index (χ2v) is 4.18. The lowest BCUT2D eigenvalue weighted by Crippen LogP contribution is -2.15. The van der Waals surface area contributed by atoms with Gasteiger partial charge in [0.15, 0.2) is 0 Å². The first-order valence-corrected chi connectivity index (χ1v) is 5.71. The van der Waals surface area contributed by atoms with Crippen LogP contribution < -0.4 is 11.4 Å². The van der Waals surface area contributed by atoms with Gasteiger partial charge in [-0.1, -0.05) is 12.1 Å². The number of aryl methyl sites for hydroxylation is 1. The van der Waals surface area contributed by atoms with Gasteiger partial charge < -0.3 is 10.7 Å². The highest BCUT2D eigenvalue weighted by Gasteiger charge is 2.08. The maximum Gasteiger partial charge on any atom is 0.330 e. The highest BCUT2D eigenvalue weighted by atomic mass is 16.1. The zero-order valence-corrected chi connectivity index (χ0v) is 10.2. The van der Waals surface area contributed by atoms with Crippen LogP contribution in [0.5, 0.6) is 0 Å². The summed E-state index contributed by atoms with van der Waals surface area (Å²) in [5.74, 6) is 0. The standard InChI is InChI=1S/C13H17N3O/c1-9-10(2)16(13(17)15-9)12-5-3-11(4-6-12)7-8-14/h3-6H,7-8,14H2,1-2H3,(H,15,17). The van der Waals surface area contributed by atoms with Crippen LogP contribution in [-0.4, -0.2) is 16.1 Å². The first kappa shape index (κ1) is 11.7. The minimum atomic E-state index is -0.0911. The number of aromatic amines is 1. The van der Waals surface area contributed by atoms with Crippen LogP contribution in [0.15, 0.2) is 29.1 Å². The summed E-state index contributed by atoms with van der Waals surface area (Å²) in [5, 5.41) is 0. The van der Waals surface area contributed by atoms with Gasteiger partial charge in [0.25, 0.3) is 0 Å². The van der Waals surface area contributed by atoms with Crippen molar-refractivity contribution < 1.29 is 0 Å². The predicted octanol–water partition coefficient (Wildman–Crippen LogP) is 1.28. The van der Waals surface area contributed by atoms with Crippen molar-refractivity contribution in [2.24, 2.45) is 5.73 Å². The van der Waals surface area contributed by atoms with E-state index in [0.29, 0.717) is 6.54 Å². The summed E-state index contributed by atoms with van der Waals surface area (Å²) >= 11 is 0. The Morgan fingerprint density at radius 1 is 1.24 bits per heavy atom. The molecule has 4 heteroatoms. The lowest BCUT2D eigenvalue weighted by molar-refractivity contribution is 0.937. The van der Waals surface area contributed by atoms with E-state index in [4.69, 9.17) is 5.73 Å². The van der Waals surface area contributed by atoms with Crippen LogP contribution >= 0.6 is 0 Å². The smallest absolute Gasteiger partial charge is 0.330 e. The van der Waals surface area contributed by atoms with E-state index in [9.17, 15) is 4.79 Å². The molecule has 2 aromatic rings. The first-order chi connectivity index (χ1) is 8.13. The Morgan fingerprint density at radius 3 is 2.35 bits per heavy atom. The molecule has 1 heterocycles. The highest BCUT2D eigenvalue weighted by Crippen LogP contribution is 2.12. The number of benzene rings is 1. The van der Waals surface area contributed by atoms with Crippen molar-refractivity contribution in [1.29, 1.82) is 0 Å². The second kappa shape index (κ2) is 4.59. The molecule has 2 rings (SSSR count). The van der Waals surface area contributed by atoms with Gasteiger partial charge in [0.1, 0.15) is 0 Å². The fraction of sp³-hybridized carbons (Fsp3) is 0.308. The van der Waals surface area contributed by atoms with Crippen molar-refractivity contribution in [2.75, 3.05) is 6.54 Å². The number of hydrogen-bond acceptors (Lipinski definition) is 2. The van der Waals surface area contributed by atoms with Gasteiger partial charge in [-0.15, -0.1) is 0 Å². The number of nitrogens with two attached hydrogens (primary N) is 1. The molecular formula is C13H17N3O. The molecule has 1 aromatic carbocycles. The van der Waals surface area contributed by atoms with Gasteiger partial charge in [0.05, 0.1) is 5.69 Å². The van der Waals surface area contributed by atoms with Crippen molar-refractivity contribution >= 4 is 0 Å². The molecule has 0 atom stereocenters. The molecule has 0 bridgehead atoms. The third-order valence-electron chi connectivity index (χ3n) is 3.00.